The van der Waals surface area contributed by atoms with Crippen LogP contribution in [0.1, 0.15) is 42.7 Å². The SMILES string of the molecule is COC(=O)C1=C(C)NC2=C(C(=O)C[C@@H](c3ccc(Cl)cc3)C2)[C@@H]1c1ccc(O)c(OC)c1. The molecular weight excluding hydrogens is 430 g/mol. The smallest absolute Gasteiger partial charge is 0.336 e. The number of ketones is 1. The lowest BCUT2D eigenvalue weighted by Crippen LogP contribution is -2.36. The molecule has 1 aliphatic carbocycles. The molecule has 0 radical (unpaired) electrons. The van der Waals surface area contributed by atoms with Gasteiger partial charge in [-0.05, 0) is 54.7 Å². The lowest BCUT2D eigenvalue weighted by atomic mass is 9.71. The van der Waals surface area contributed by atoms with Crippen molar-refractivity contribution in [2.75, 3.05) is 14.2 Å². The molecule has 6 nitrogen and oxygen atoms in total. The van der Waals surface area contributed by atoms with E-state index in [-0.39, 0.29) is 23.2 Å². The number of dihydropyridines is 1. The third kappa shape index (κ3) is 3.86. The van der Waals surface area contributed by atoms with Crippen molar-refractivity contribution in [2.24, 2.45) is 0 Å². The fourth-order valence-corrected chi connectivity index (χ4v) is 4.72. The van der Waals surface area contributed by atoms with Crippen LogP contribution in [-0.2, 0) is 14.3 Å². The minimum absolute atomic E-state index is 0.00787. The van der Waals surface area contributed by atoms with E-state index in [4.69, 9.17) is 21.1 Å². The van der Waals surface area contributed by atoms with Gasteiger partial charge in [0, 0.05) is 34.3 Å². The van der Waals surface area contributed by atoms with E-state index in [1.807, 2.05) is 24.3 Å². The molecule has 2 aliphatic rings. The van der Waals surface area contributed by atoms with E-state index < -0.39 is 11.9 Å². The number of phenols is 1. The highest BCUT2D eigenvalue weighted by molar-refractivity contribution is 6.30. The lowest BCUT2D eigenvalue weighted by Gasteiger charge is -2.36. The van der Waals surface area contributed by atoms with Gasteiger partial charge in [-0.15, -0.1) is 0 Å². The molecule has 2 aromatic rings. The number of Topliss-reactive ketones (excluding diaryl/α,β-unsaturated/α-hetero) is 1. The molecule has 4 rings (SSSR count). The highest BCUT2D eigenvalue weighted by Gasteiger charge is 2.41. The van der Waals surface area contributed by atoms with Crippen LogP contribution in [0.3, 0.4) is 0 Å². The molecular formula is C25H24ClNO5. The molecule has 7 heteroatoms. The molecule has 0 fully saturated rings. The number of methoxy groups -OCH3 is 2. The van der Waals surface area contributed by atoms with Crippen molar-refractivity contribution in [2.45, 2.75) is 31.6 Å². The normalized spacial score (nSPS) is 20.6. The molecule has 32 heavy (non-hydrogen) atoms. The topological polar surface area (TPSA) is 84.9 Å². The van der Waals surface area contributed by atoms with Crippen molar-refractivity contribution in [3.63, 3.8) is 0 Å². The summed E-state index contributed by atoms with van der Waals surface area (Å²) in [6, 6.07) is 12.4. The summed E-state index contributed by atoms with van der Waals surface area (Å²) in [5, 5.41) is 14.0. The van der Waals surface area contributed by atoms with E-state index in [1.165, 1.54) is 20.3 Å². The van der Waals surface area contributed by atoms with Crippen molar-refractivity contribution in [1.29, 1.82) is 0 Å². The van der Waals surface area contributed by atoms with Gasteiger partial charge in [-0.3, -0.25) is 4.79 Å². The Balaban J connectivity index is 1.82. The van der Waals surface area contributed by atoms with Crippen LogP contribution in [0.4, 0.5) is 0 Å². The van der Waals surface area contributed by atoms with Crippen LogP contribution in [0.15, 0.2) is 65.0 Å². The van der Waals surface area contributed by atoms with Gasteiger partial charge in [0.25, 0.3) is 0 Å². The van der Waals surface area contributed by atoms with Gasteiger partial charge < -0.3 is 19.9 Å². The van der Waals surface area contributed by atoms with E-state index in [2.05, 4.69) is 5.32 Å². The summed E-state index contributed by atoms with van der Waals surface area (Å²) < 4.78 is 10.3. The molecule has 0 aromatic heterocycles. The number of hydrogen-bond acceptors (Lipinski definition) is 6. The molecule has 1 aliphatic heterocycles. The Kier molecular flexibility index (Phi) is 5.98. The number of halogens is 1. The first-order valence-corrected chi connectivity index (χ1v) is 10.7. The number of ether oxygens (including phenoxy) is 2. The van der Waals surface area contributed by atoms with Gasteiger partial charge in [-0.25, -0.2) is 4.79 Å². The molecule has 166 valence electrons. The number of carbonyl (C=O) groups is 2. The molecule has 0 amide bonds. The number of aromatic hydroxyl groups is 1. The van der Waals surface area contributed by atoms with Crippen molar-refractivity contribution in [1.82, 2.24) is 5.32 Å². The van der Waals surface area contributed by atoms with Gasteiger partial charge >= 0.3 is 5.97 Å². The standard InChI is InChI=1S/C25H24ClNO5/c1-13-22(25(30)32-3)23(15-6-9-19(28)21(12-15)31-2)24-18(27-13)10-16(11-20(24)29)14-4-7-17(26)8-5-14/h4-9,12,16,23,27-28H,10-11H2,1-3H3/t16-,23+/m0/s1. The molecule has 2 atom stereocenters. The Bertz CT molecular complexity index is 1150. The number of rotatable bonds is 4. The van der Waals surface area contributed by atoms with Gasteiger partial charge in [0.05, 0.1) is 19.8 Å². The second-order valence-corrected chi connectivity index (χ2v) is 8.43. The molecule has 0 bridgehead atoms. The Morgan fingerprint density at radius 1 is 1.09 bits per heavy atom. The molecule has 2 aromatic carbocycles. The summed E-state index contributed by atoms with van der Waals surface area (Å²) in [6.07, 6.45) is 0.946. The third-order valence-corrected chi connectivity index (χ3v) is 6.36. The average Bonchev–Trinajstić information content (AvgIpc) is 2.78. The lowest BCUT2D eigenvalue weighted by molar-refractivity contribution is -0.136. The van der Waals surface area contributed by atoms with Gasteiger partial charge in [0.2, 0.25) is 0 Å². The zero-order valence-corrected chi connectivity index (χ0v) is 18.8. The number of nitrogens with one attached hydrogen (secondary N) is 1. The predicted octanol–water partition coefficient (Wildman–Crippen LogP) is 4.59. The Morgan fingerprint density at radius 2 is 1.78 bits per heavy atom. The van der Waals surface area contributed by atoms with E-state index >= 15 is 0 Å². The van der Waals surface area contributed by atoms with Gasteiger partial charge in [0.15, 0.2) is 17.3 Å². The van der Waals surface area contributed by atoms with Crippen molar-refractivity contribution < 1.29 is 24.2 Å². The number of phenolic OH excluding ortho intramolecular Hbond substituents is 1. The van der Waals surface area contributed by atoms with E-state index in [0.29, 0.717) is 40.3 Å². The number of benzene rings is 2. The summed E-state index contributed by atoms with van der Waals surface area (Å²) in [5.74, 6) is -0.902. The van der Waals surface area contributed by atoms with Crippen LogP contribution in [0.5, 0.6) is 11.5 Å². The molecule has 0 saturated heterocycles. The summed E-state index contributed by atoms with van der Waals surface area (Å²) >= 11 is 6.02. The average molecular weight is 454 g/mol. The fraction of sp³-hybridized carbons (Fsp3) is 0.280. The maximum absolute atomic E-state index is 13.5. The summed E-state index contributed by atoms with van der Waals surface area (Å²) in [6.45, 7) is 1.80. The first kappa shape index (κ1) is 22.0. The number of hydrogen-bond donors (Lipinski definition) is 2. The zero-order chi connectivity index (χ0) is 23.0. The largest absolute Gasteiger partial charge is 0.504 e. The zero-order valence-electron chi connectivity index (χ0n) is 18.1. The van der Waals surface area contributed by atoms with Crippen LogP contribution in [-0.4, -0.2) is 31.1 Å². The fourth-order valence-electron chi connectivity index (χ4n) is 4.60. The first-order valence-electron chi connectivity index (χ1n) is 10.3. The molecule has 1 heterocycles. The van der Waals surface area contributed by atoms with Crippen molar-refractivity contribution in [3.05, 3.63) is 81.2 Å². The second-order valence-electron chi connectivity index (χ2n) is 7.99. The van der Waals surface area contributed by atoms with Crippen LogP contribution in [0.2, 0.25) is 5.02 Å². The van der Waals surface area contributed by atoms with E-state index in [0.717, 1.165) is 11.3 Å². The monoisotopic (exact) mass is 453 g/mol. The molecule has 0 saturated carbocycles. The van der Waals surface area contributed by atoms with Crippen LogP contribution in [0.25, 0.3) is 0 Å². The Hall–Kier alpha value is -3.25. The minimum Gasteiger partial charge on any atom is -0.504 e. The maximum atomic E-state index is 13.5. The number of esters is 1. The van der Waals surface area contributed by atoms with E-state index in [9.17, 15) is 14.7 Å². The second kappa shape index (κ2) is 8.71. The van der Waals surface area contributed by atoms with Crippen LogP contribution < -0.4 is 10.1 Å². The van der Waals surface area contributed by atoms with Gasteiger partial charge in [-0.1, -0.05) is 29.8 Å². The van der Waals surface area contributed by atoms with Crippen molar-refractivity contribution in [3.8, 4) is 11.5 Å². The Morgan fingerprint density at radius 3 is 2.44 bits per heavy atom. The molecule has 0 spiro atoms. The summed E-state index contributed by atoms with van der Waals surface area (Å²) in [4.78, 5) is 26.2. The maximum Gasteiger partial charge on any atom is 0.336 e. The molecule has 0 unspecified atom stereocenters. The highest BCUT2D eigenvalue weighted by Crippen LogP contribution is 2.46. The molecule has 2 N–H and O–H groups in total. The van der Waals surface area contributed by atoms with Gasteiger partial charge in [-0.2, -0.15) is 0 Å². The highest BCUT2D eigenvalue weighted by atomic mass is 35.5. The summed E-state index contributed by atoms with van der Waals surface area (Å²) in [7, 11) is 2.77. The third-order valence-electron chi connectivity index (χ3n) is 6.11. The van der Waals surface area contributed by atoms with Crippen LogP contribution >= 0.6 is 11.6 Å². The predicted molar refractivity (Wildman–Crippen MR) is 121 cm³/mol. The number of allylic oxidation sites excluding steroid dienone is 3. The minimum atomic E-state index is -0.619. The quantitative estimate of drug-likeness (QED) is 0.659. The van der Waals surface area contributed by atoms with E-state index in [1.54, 1.807) is 19.1 Å². The number of carbonyl (C=O) groups excluding carboxylic acids is 2. The van der Waals surface area contributed by atoms with Crippen molar-refractivity contribution >= 4 is 23.4 Å². The van der Waals surface area contributed by atoms with Gasteiger partial charge in [0.1, 0.15) is 0 Å². The van der Waals surface area contributed by atoms with Crippen LogP contribution in [0, 0.1) is 0 Å². The Labute approximate surface area is 191 Å². The first-order chi connectivity index (χ1) is 15.3. The summed E-state index contributed by atoms with van der Waals surface area (Å²) in [5.41, 5.74) is 4.07.